The predicted molar refractivity (Wildman–Crippen MR) is 150 cm³/mol. The number of nitrogens with zero attached hydrogens (tertiary/aromatic N) is 1. The number of alkyl halides is 39. The topological polar surface area (TPSA) is 12.9 Å². The number of halogens is 39. The summed E-state index contributed by atoms with van der Waals surface area (Å²) in [7, 11) is 0. The molecule has 0 saturated heterocycles. The first-order valence-electron chi connectivity index (χ1n) is 16.8. The van der Waals surface area contributed by atoms with E-state index in [0.717, 1.165) is 0 Å². The Kier molecular flexibility index (Phi) is 16.7. The number of aromatic nitrogens is 1. The van der Waals surface area contributed by atoms with Gasteiger partial charge in [0.05, 0.1) is 0 Å². The van der Waals surface area contributed by atoms with Gasteiger partial charge in [-0.25, -0.2) is 0 Å². The van der Waals surface area contributed by atoms with Crippen LogP contribution in [0.3, 0.4) is 0 Å². The van der Waals surface area contributed by atoms with Crippen molar-refractivity contribution < 1.29 is 171 Å². The van der Waals surface area contributed by atoms with Crippen molar-refractivity contribution in [3.63, 3.8) is 0 Å². The molecule has 70 heavy (non-hydrogen) atoms. The Morgan fingerprint density at radius 3 is 0.643 bits per heavy atom. The molecule has 0 saturated carbocycles. The van der Waals surface area contributed by atoms with Gasteiger partial charge in [-0.15, -0.1) is 0 Å². The van der Waals surface area contributed by atoms with Gasteiger partial charge in [0.15, 0.2) is 0 Å². The summed E-state index contributed by atoms with van der Waals surface area (Å²) in [6.07, 6.45) is -36.6. The van der Waals surface area contributed by atoms with Crippen molar-refractivity contribution in [2.24, 2.45) is 0 Å². The molecule has 0 aliphatic heterocycles. The maximum absolute atomic E-state index is 15.0. The van der Waals surface area contributed by atoms with Crippen molar-refractivity contribution in [1.29, 1.82) is 0 Å². The molecular formula is C29H16F39NSn. The van der Waals surface area contributed by atoms with Gasteiger partial charge in [-0.2, -0.15) is 0 Å². The zero-order chi connectivity index (χ0) is 56.9. The fourth-order valence-electron chi connectivity index (χ4n) is 5.50. The van der Waals surface area contributed by atoms with E-state index in [1.165, 1.54) is 0 Å². The van der Waals surface area contributed by atoms with Crippen molar-refractivity contribution >= 4 is 22.1 Å². The van der Waals surface area contributed by atoms with E-state index in [4.69, 9.17) is 0 Å². The molecule has 0 radical (unpaired) electrons. The molecule has 0 atom stereocenters. The van der Waals surface area contributed by atoms with Crippen molar-refractivity contribution in [2.75, 3.05) is 0 Å². The molecule has 0 aromatic carbocycles. The van der Waals surface area contributed by atoms with Gasteiger partial charge in [0, 0.05) is 0 Å². The van der Waals surface area contributed by atoms with Gasteiger partial charge in [-0.1, -0.05) is 0 Å². The van der Waals surface area contributed by atoms with E-state index >= 15 is 0 Å². The molecule has 1 aromatic heterocycles. The summed E-state index contributed by atoms with van der Waals surface area (Å²) in [6.45, 7) is 0. The molecule has 0 spiro atoms. The Labute approximate surface area is 362 Å². The molecular weight excluding hydrogens is 1220 g/mol. The van der Waals surface area contributed by atoms with Gasteiger partial charge >= 0.3 is 363 Å². The molecule has 0 N–H and O–H groups in total. The van der Waals surface area contributed by atoms with Gasteiger partial charge in [0.2, 0.25) is 0 Å². The van der Waals surface area contributed by atoms with E-state index < -0.39 is 162 Å². The standard InChI is InChI=1S/3C8H4F13.C5H4N.Sn/c3*1-2-3(9,10)4(11,12)5(13,14)6(15,16)7(17,18)8(19,20)21;1-2-4-6-5-3-1;/h3*1-2H2;1-4H;. The van der Waals surface area contributed by atoms with E-state index in [1.807, 2.05) is 0 Å². The van der Waals surface area contributed by atoms with Crippen LogP contribution in [0.5, 0.6) is 0 Å². The molecule has 1 heterocycles. The zero-order valence-corrected chi connectivity index (χ0v) is 34.6. The van der Waals surface area contributed by atoms with E-state index in [1.54, 1.807) is 0 Å². The molecule has 0 bridgehead atoms. The second kappa shape index (κ2) is 18.0. The second-order valence-electron chi connectivity index (χ2n) is 14.5. The Balaban J connectivity index is 4.38. The van der Waals surface area contributed by atoms with Crippen LogP contribution in [0, 0.1) is 0 Å². The molecule has 1 rings (SSSR count). The van der Waals surface area contributed by atoms with Crippen molar-refractivity contribution in [1.82, 2.24) is 4.98 Å². The van der Waals surface area contributed by atoms with E-state index in [-0.39, 0.29) is 18.3 Å². The third-order valence-corrected chi connectivity index (χ3v) is 24.2. The van der Waals surface area contributed by atoms with Crippen molar-refractivity contribution in [3.8, 4) is 0 Å². The molecule has 1 nitrogen and oxygen atoms in total. The van der Waals surface area contributed by atoms with E-state index in [2.05, 4.69) is 4.98 Å². The third-order valence-electron chi connectivity index (χ3n) is 9.96. The minimum absolute atomic E-state index is 0.0803. The van der Waals surface area contributed by atoms with E-state index in [9.17, 15) is 171 Å². The monoisotopic (exact) mass is 1240 g/mol. The van der Waals surface area contributed by atoms with Crippen LogP contribution >= 0.6 is 0 Å². The van der Waals surface area contributed by atoms with Gasteiger partial charge in [0.1, 0.15) is 0 Å². The fourth-order valence-corrected chi connectivity index (χ4v) is 18.9. The Bertz CT molecular complexity index is 1750. The van der Waals surface area contributed by atoms with Crippen LogP contribution in [0.1, 0.15) is 19.3 Å². The molecule has 1 aromatic rings. The van der Waals surface area contributed by atoms with Gasteiger partial charge in [0.25, 0.3) is 0 Å². The first-order chi connectivity index (χ1) is 30.0. The van der Waals surface area contributed by atoms with Crippen LogP contribution in [0.25, 0.3) is 0 Å². The molecule has 414 valence electrons. The normalized spacial score (nSPS) is 16.6. The SMILES string of the molecule is FC(F)(F)C(F)(F)C(F)(F)C(F)(F)C(F)(F)C(F)(F)C[CH2][Sn]([CH2]CC(F)(F)C(F)(F)C(F)(F)C(F)(F)C(F)(F)C(F)(F)F)([CH2]CC(F)(F)C(F)(F)C(F)(F)C(F)(F)C(F)(F)C(F)(F)F)[c]1ccccn1. The van der Waals surface area contributed by atoms with Crippen LogP contribution in [0.2, 0.25) is 13.3 Å². The number of hydrogen-bond acceptors (Lipinski definition) is 1. The number of hydrogen-bond donors (Lipinski definition) is 0. The third kappa shape index (κ3) is 9.62. The van der Waals surface area contributed by atoms with Gasteiger partial charge in [-0.05, 0) is 0 Å². The Morgan fingerprint density at radius 1 is 0.271 bits per heavy atom. The Hall–Kier alpha value is -2.78. The zero-order valence-electron chi connectivity index (χ0n) is 31.7. The first kappa shape index (κ1) is 65.2. The summed E-state index contributed by atoms with van der Waals surface area (Å²) in [5.41, 5.74) is 0. The summed E-state index contributed by atoms with van der Waals surface area (Å²) < 4.78 is 526. The second-order valence-corrected chi connectivity index (χ2v) is 27.5. The van der Waals surface area contributed by atoms with Crippen LogP contribution < -0.4 is 3.71 Å². The van der Waals surface area contributed by atoms with Gasteiger partial charge in [-0.3, -0.25) is 0 Å². The number of rotatable bonds is 22. The van der Waals surface area contributed by atoms with Crippen LogP contribution in [-0.4, -0.2) is 131 Å². The van der Waals surface area contributed by atoms with E-state index in [0.29, 0.717) is 6.07 Å². The quantitative estimate of drug-likeness (QED) is 0.0833. The summed E-state index contributed by atoms with van der Waals surface area (Å²) in [6, 6.07) is 0.186. The maximum atomic E-state index is 15.0. The average molecular weight is 1240 g/mol. The van der Waals surface area contributed by atoms with Crippen molar-refractivity contribution in [2.45, 2.75) is 140 Å². The first-order valence-corrected chi connectivity index (χ1v) is 24.2. The summed E-state index contributed by atoms with van der Waals surface area (Å²) in [5.74, 6) is -128. The molecule has 0 aliphatic rings. The van der Waals surface area contributed by atoms with Gasteiger partial charge < -0.3 is 0 Å². The van der Waals surface area contributed by atoms with Crippen LogP contribution in [0.15, 0.2) is 24.4 Å². The molecule has 0 aliphatic carbocycles. The van der Waals surface area contributed by atoms with Crippen LogP contribution in [-0.2, 0) is 0 Å². The molecule has 41 heteroatoms. The summed E-state index contributed by atoms with van der Waals surface area (Å²) in [4.78, 5) is 2.80. The predicted octanol–water partition coefficient (Wildman–Crippen LogP) is 15.1. The number of pyridine rings is 1. The Morgan fingerprint density at radius 2 is 0.471 bits per heavy atom. The minimum atomic E-state index is -8.87. The molecule has 0 fully saturated rings. The fraction of sp³-hybridized carbons (Fsp3) is 0.828. The average Bonchev–Trinajstić information content (AvgIpc) is 3.15. The van der Waals surface area contributed by atoms with Crippen molar-refractivity contribution in [3.05, 3.63) is 24.4 Å². The molecule has 0 amide bonds. The molecule has 0 unspecified atom stereocenters. The van der Waals surface area contributed by atoms with Crippen LogP contribution in [0.4, 0.5) is 171 Å². The summed E-state index contributed by atoms with van der Waals surface area (Å²) >= 11 is -8.23. The summed E-state index contributed by atoms with van der Waals surface area (Å²) in [5, 5.41) is 0.